The van der Waals surface area contributed by atoms with Gasteiger partial charge in [0.1, 0.15) is 5.75 Å². The summed E-state index contributed by atoms with van der Waals surface area (Å²) in [5.74, 6) is 0.138. The summed E-state index contributed by atoms with van der Waals surface area (Å²) >= 11 is 6.35. The predicted octanol–water partition coefficient (Wildman–Crippen LogP) is 4.37. The van der Waals surface area contributed by atoms with E-state index in [2.05, 4.69) is 13.8 Å². The van der Waals surface area contributed by atoms with Crippen LogP contribution < -0.4 is 4.74 Å². The van der Waals surface area contributed by atoms with Gasteiger partial charge in [0, 0.05) is 10.6 Å². The molecular formula is C16H21ClO3. The van der Waals surface area contributed by atoms with Crippen molar-refractivity contribution in [1.29, 1.82) is 0 Å². The third kappa shape index (κ3) is 2.39. The first-order valence-electron chi connectivity index (χ1n) is 7.03. The van der Waals surface area contributed by atoms with E-state index in [9.17, 15) is 9.90 Å². The van der Waals surface area contributed by atoms with Crippen LogP contribution in [0.3, 0.4) is 0 Å². The van der Waals surface area contributed by atoms with Gasteiger partial charge in [0.15, 0.2) is 0 Å². The Morgan fingerprint density at radius 3 is 2.40 bits per heavy atom. The van der Waals surface area contributed by atoms with E-state index in [0.29, 0.717) is 23.6 Å². The van der Waals surface area contributed by atoms with Crippen LogP contribution in [0.25, 0.3) is 0 Å². The molecule has 0 aromatic heterocycles. The van der Waals surface area contributed by atoms with Gasteiger partial charge in [0.25, 0.3) is 0 Å². The van der Waals surface area contributed by atoms with Crippen LogP contribution in [0.1, 0.15) is 56.6 Å². The lowest BCUT2D eigenvalue weighted by atomic mass is 9.77. The number of halogens is 1. The molecule has 1 aliphatic rings. The molecule has 0 amide bonds. The summed E-state index contributed by atoms with van der Waals surface area (Å²) in [6.07, 6.45) is 3.16. The van der Waals surface area contributed by atoms with Crippen LogP contribution in [-0.2, 0) is 10.2 Å². The fraction of sp³-hybridized carbons (Fsp3) is 0.562. The van der Waals surface area contributed by atoms with E-state index in [0.717, 1.165) is 24.0 Å². The maximum absolute atomic E-state index is 11.8. The molecule has 3 nitrogen and oxygen atoms in total. The highest BCUT2D eigenvalue weighted by molar-refractivity contribution is 6.31. The SMILES string of the molecule is COc1cc(C(C)C)c(Cl)cc1C1(C(=O)O)CCCC1. The molecule has 1 aromatic carbocycles. The van der Waals surface area contributed by atoms with Crippen LogP contribution in [0.2, 0.25) is 5.02 Å². The van der Waals surface area contributed by atoms with E-state index in [1.54, 1.807) is 13.2 Å². The average Bonchev–Trinajstić information content (AvgIpc) is 2.88. The van der Waals surface area contributed by atoms with Crippen molar-refractivity contribution in [3.63, 3.8) is 0 Å². The summed E-state index contributed by atoms with van der Waals surface area (Å²) < 4.78 is 5.46. The van der Waals surface area contributed by atoms with E-state index in [-0.39, 0.29) is 5.92 Å². The van der Waals surface area contributed by atoms with Crippen molar-refractivity contribution in [2.45, 2.75) is 50.9 Å². The molecule has 0 bridgehead atoms. The van der Waals surface area contributed by atoms with Gasteiger partial charge in [-0.2, -0.15) is 0 Å². The molecule has 0 saturated heterocycles. The van der Waals surface area contributed by atoms with E-state index in [1.165, 1.54) is 0 Å². The third-order valence-corrected chi connectivity index (χ3v) is 4.65. The summed E-state index contributed by atoms with van der Waals surface area (Å²) in [5.41, 5.74) is 0.870. The minimum atomic E-state index is -0.843. The minimum Gasteiger partial charge on any atom is -0.496 e. The normalized spacial score (nSPS) is 17.4. The van der Waals surface area contributed by atoms with Crippen LogP contribution in [0.15, 0.2) is 12.1 Å². The Morgan fingerprint density at radius 2 is 1.95 bits per heavy atom. The number of methoxy groups -OCH3 is 1. The van der Waals surface area contributed by atoms with Crippen molar-refractivity contribution < 1.29 is 14.6 Å². The van der Waals surface area contributed by atoms with E-state index in [4.69, 9.17) is 16.3 Å². The van der Waals surface area contributed by atoms with Gasteiger partial charge in [-0.3, -0.25) is 4.79 Å². The highest BCUT2D eigenvalue weighted by Crippen LogP contribution is 2.47. The number of aliphatic carboxylic acids is 1. The molecule has 0 spiro atoms. The van der Waals surface area contributed by atoms with Crippen molar-refractivity contribution >= 4 is 17.6 Å². The zero-order valence-corrected chi connectivity index (χ0v) is 13.0. The molecule has 2 rings (SSSR count). The molecule has 20 heavy (non-hydrogen) atoms. The number of carboxylic acid groups (broad SMARTS) is 1. The first kappa shape index (κ1) is 15.2. The van der Waals surface area contributed by atoms with Gasteiger partial charge in [-0.05, 0) is 36.5 Å². The van der Waals surface area contributed by atoms with E-state index >= 15 is 0 Å². The molecule has 1 fully saturated rings. The van der Waals surface area contributed by atoms with Gasteiger partial charge in [0.05, 0.1) is 12.5 Å². The van der Waals surface area contributed by atoms with Crippen LogP contribution in [0.5, 0.6) is 5.75 Å². The van der Waals surface area contributed by atoms with Gasteiger partial charge < -0.3 is 9.84 Å². The fourth-order valence-corrected chi connectivity index (χ4v) is 3.51. The zero-order valence-electron chi connectivity index (χ0n) is 12.2. The van der Waals surface area contributed by atoms with E-state index in [1.807, 2.05) is 6.07 Å². The highest BCUT2D eigenvalue weighted by atomic mass is 35.5. The molecule has 1 N–H and O–H groups in total. The standard InChI is InChI=1S/C16H21ClO3/c1-10(2)11-8-14(20-3)12(9-13(11)17)16(15(18)19)6-4-5-7-16/h8-10H,4-7H2,1-3H3,(H,18,19). The maximum atomic E-state index is 11.8. The molecule has 4 heteroatoms. The third-order valence-electron chi connectivity index (χ3n) is 4.32. The van der Waals surface area contributed by atoms with Gasteiger partial charge in [-0.1, -0.05) is 38.3 Å². The van der Waals surface area contributed by atoms with Crippen molar-refractivity contribution in [1.82, 2.24) is 0 Å². The lowest BCUT2D eigenvalue weighted by molar-refractivity contribution is -0.143. The highest BCUT2D eigenvalue weighted by Gasteiger charge is 2.45. The molecule has 0 radical (unpaired) electrons. The van der Waals surface area contributed by atoms with Crippen molar-refractivity contribution in [3.8, 4) is 5.75 Å². The number of hydrogen-bond acceptors (Lipinski definition) is 2. The first-order valence-corrected chi connectivity index (χ1v) is 7.41. The van der Waals surface area contributed by atoms with Gasteiger partial charge in [-0.25, -0.2) is 0 Å². The first-order chi connectivity index (χ1) is 9.42. The Hall–Kier alpha value is -1.22. The van der Waals surface area contributed by atoms with Crippen molar-refractivity contribution in [2.24, 2.45) is 0 Å². The van der Waals surface area contributed by atoms with Crippen LogP contribution in [-0.4, -0.2) is 18.2 Å². The van der Waals surface area contributed by atoms with E-state index < -0.39 is 11.4 Å². The summed E-state index contributed by atoms with van der Waals surface area (Å²) in [7, 11) is 1.58. The zero-order chi connectivity index (χ0) is 14.9. The number of carboxylic acids is 1. The number of rotatable bonds is 4. The Morgan fingerprint density at radius 1 is 1.35 bits per heavy atom. The molecule has 0 atom stereocenters. The van der Waals surface area contributed by atoms with Crippen LogP contribution >= 0.6 is 11.6 Å². The van der Waals surface area contributed by atoms with Crippen molar-refractivity contribution in [3.05, 3.63) is 28.3 Å². The Labute approximate surface area is 124 Å². The van der Waals surface area contributed by atoms with Gasteiger partial charge in [0.2, 0.25) is 0 Å². The fourth-order valence-electron chi connectivity index (χ4n) is 3.13. The molecular weight excluding hydrogens is 276 g/mol. The van der Waals surface area contributed by atoms with Crippen molar-refractivity contribution in [2.75, 3.05) is 7.11 Å². The minimum absolute atomic E-state index is 0.273. The topological polar surface area (TPSA) is 46.5 Å². The predicted molar refractivity (Wildman–Crippen MR) is 79.9 cm³/mol. The smallest absolute Gasteiger partial charge is 0.314 e. The molecule has 1 aromatic rings. The lowest BCUT2D eigenvalue weighted by Crippen LogP contribution is -2.33. The largest absolute Gasteiger partial charge is 0.496 e. The summed E-state index contributed by atoms with van der Waals surface area (Å²) in [4.78, 5) is 11.8. The molecule has 0 aliphatic heterocycles. The maximum Gasteiger partial charge on any atom is 0.314 e. The monoisotopic (exact) mass is 296 g/mol. The Bertz CT molecular complexity index is 517. The summed E-state index contributed by atoms with van der Waals surface area (Å²) in [6, 6.07) is 3.69. The summed E-state index contributed by atoms with van der Waals surface area (Å²) in [6.45, 7) is 4.12. The molecule has 1 aliphatic carbocycles. The van der Waals surface area contributed by atoms with Crippen LogP contribution in [0.4, 0.5) is 0 Å². The Kier molecular flexibility index (Phi) is 4.28. The number of ether oxygens (including phenoxy) is 1. The number of carbonyl (C=O) groups is 1. The number of hydrogen-bond donors (Lipinski definition) is 1. The van der Waals surface area contributed by atoms with Crippen LogP contribution in [0, 0.1) is 0 Å². The second kappa shape index (κ2) is 5.65. The quantitative estimate of drug-likeness (QED) is 0.897. The van der Waals surface area contributed by atoms with Gasteiger partial charge >= 0.3 is 5.97 Å². The lowest BCUT2D eigenvalue weighted by Gasteiger charge is -2.27. The molecule has 0 unspecified atom stereocenters. The Balaban J connectivity index is 2.61. The summed E-state index contributed by atoms with van der Waals surface area (Å²) in [5, 5.41) is 10.3. The molecule has 110 valence electrons. The molecule has 0 heterocycles. The number of benzene rings is 1. The average molecular weight is 297 g/mol. The van der Waals surface area contributed by atoms with Gasteiger partial charge in [-0.15, -0.1) is 0 Å². The second-order valence-electron chi connectivity index (χ2n) is 5.82. The second-order valence-corrected chi connectivity index (χ2v) is 6.23. The molecule has 1 saturated carbocycles.